The van der Waals surface area contributed by atoms with E-state index in [1.165, 1.54) is 10.4 Å². The van der Waals surface area contributed by atoms with Crippen LogP contribution in [0.3, 0.4) is 0 Å². The zero-order valence-electron chi connectivity index (χ0n) is 10.9. The number of hydrogen-bond donors (Lipinski definition) is 2. The topological polar surface area (TPSA) is 83.6 Å². The monoisotopic (exact) mass is 272 g/mol. The molecule has 3 N–H and O–H groups in total. The van der Waals surface area contributed by atoms with E-state index in [2.05, 4.69) is 0 Å². The van der Waals surface area contributed by atoms with E-state index in [4.69, 9.17) is 10.8 Å². The molecule has 0 aromatic heterocycles. The van der Waals surface area contributed by atoms with Crippen LogP contribution in [-0.2, 0) is 10.0 Å². The molecule has 0 aliphatic carbocycles. The first kappa shape index (κ1) is 14.9. The Hall–Kier alpha value is -1.11. The molecule has 0 bridgehead atoms. The second-order valence-electron chi connectivity index (χ2n) is 4.45. The number of anilines is 1. The van der Waals surface area contributed by atoms with Crippen LogP contribution >= 0.6 is 0 Å². The van der Waals surface area contributed by atoms with Crippen molar-refractivity contribution < 1.29 is 13.5 Å². The Morgan fingerprint density at radius 1 is 1.39 bits per heavy atom. The first-order chi connectivity index (χ1) is 8.30. The first-order valence-corrected chi connectivity index (χ1v) is 7.23. The van der Waals surface area contributed by atoms with Gasteiger partial charge in [-0.3, -0.25) is 0 Å². The van der Waals surface area contributed by atoms with Crippen LogP contribution in [0, 0.1) is 6.92 Å². The highest BCUT2D eigenvalue weighted by atomic mass is 32.2. The average Bonchev–Trinajstić information content (AvgIpc) is 2.28. The summed E-state index contributed by atoms with van der Waals surface area (Å²) in [6.45, 7) is 5.20. The number of aryl methyl sites for hydroxylation is 1. The summed E-state index contributed by atoms with van der Waals surface area (Å²) in [4.78, 5) is 0.205. The van der Waals surface area contributed by atoms with E-state index in [1.54, 1.807) is 32.9 Å². The van der Waals surface area contributed by atoms with Gasteiger partial charge in [0.15, 0.2) is 0 Å². The van der Waals surface area contributed by atoms with Crippen LogP contribution in [0.1, 0.15) is 19.4 Å². The number of rotatable bonds is 5. The lowest BCUT2D eigenvalue weighted by Gasteiger charge is -2.25. The molecule has 0 saturated carbocycles. The van der Waals surface area contributed by atoms with Crippen LogP contribution in [0.5, 0.6) is 0 Å². The van der Waals surface area contributed by atoms with Crippen LogP contribution in [0.25, 0.3) is 0 Å². The summed E-state index contributed by atoms with van der Waals surface area (Å²) in [7, 11) is -3.58. The van der Waals surface area contributed by atoms with Crippen molar-refractivity contribution in [2.24, 2.45) is 0 Å². The van der Waals surface area contributed by atoms with Gasteiger partial charge >= 0.3 is 0 Å². The molecule has 18 heavy (non-hydrogen) atoms. The van der Waals surface area contributed by atoms with Gasteiger partial charge < -0.3 is 10.8 Å². The van der Waals surface area contributed by atoms with Gasteiger partial charge in [-0.1, -0.05) is 0 Å². The maximum absolute atomic E-state index is 12.4. The third-order valence-corrected chi connectivity index (χ3v) is 4.82. The van der Waals surface area contributed by atoms with Crippen LogP contribution in [0.15, 0.2) is 23.1 Å². The van der Waals surface area contributed by atoms with Gasteiger partial charge in [-0.15, -0.1) is 0 Å². The molecular weight excluding hydrogens is 252 g/mol. The molecule has 0 amide bonds. The maximum atomic E-state index is 12.4. The van der Waals surface area contributed by atoms with Crippen LogP contribution in [0.2, 0.25) is 0 Å². The number of benzene rings is 1. The predicted octanol–water partition coefficient (Wildman–Crippen LogP) is 0.969. The molecule has 0 unspecified atom stereocenters. The minimum atomic E-state index is -3.58. The quantitative estimate of drug-likeness (QED) is 0.782. The zero-order valence-corrected chi connectivity index (χ0v) is 11.7. The summed E-state index contributed by atoms with van der Waals surface area (Å²) in [6, 6.07) is 4.42. The SMILES string of the molecule is Cc1cc(S(=O)(=O)N(CCO)C(C)C)ccc1N. The molecule has 0 radical (unpaired) electrons. The fraction of sp³-hybridized carbons (Fsp3) is 0.500. The summed E-state index contributed by atoms with van der Waals surface area (Å²) in [5, 5.41) is 8.97. The van der Waals surface area contributed by atoms with Gasteiger partial charge in [0.25, 0.3) is 0 Å². The Bertz CT molecular complexity index is 512. The molecule has 6 heteroatoms. The van der Waals surface area contributed by atoms with Crippen LogP contribution < -0.4 is 5.73 Å². The Morgan fingerprint density at radius 2 is 2.00 bits per heavy atom. The van der Waals surface area contributed by atoms with Gasteiger partial charge in [-0.25, -0.2) is 8.42 Å². The molecule has 0 saturated heterocycles. The molecule has 0 aliphatic heterocycles. The number of nitrogen functional groups attached to an aromatic ring is 1. The number of hydrogen-bond acceptors (Lipinski definition) is 4. The summed E-state index contributed by atoms with van der Waals surface area (Å²) in [6.07, 6.45) is 0. The number of nitrogens with two attached hydrogens (primary N) is 1. The summed E-state index contributed by atoms with van der Waals surface area (Å²) in [5.74, 6) is 0. The summed E-state index contributed by atoms with van der Waals surface area (Å²) >= 11 is 0. The predicted molar refractivity (Wildman–Crippen MR) is 71.7 cm³/mol. The largest absolute Gasteiger partial charge is 0.399 e. The van der Waals surface area contributed by atoms with Crippen molar-refractivity contribution in [3.63, 3.8) is 0 Å². The fourth-order valence-corrected chi connectivity index (χ4v) is 3.41. The molecule has 1 aromatic carbocycles. The molecule has 0 atom stereocenters. The van der Waals surface area contributed by atoms with E-state index in [1.807, 2.05) is 0 Å². The molecule has 0 fully saturated rings. The van der Waals surface area contributed by atoms with Crippen LogP contribution in [-0.4, -0.2) is 37.0 Å². The van der Waals surface area contributed by atoms with Crippen molar-refractivity contribution in [1.29, 1.82) is 0 Å². The van der Waals surface area contributed by atoms with Crippen molar-refractivity contribution in [2.75, 3.05) is 18.9 Å². The lowest BCUT2D eigenvalue weighted by atomic mass is 10.2. The first-order valence-electron chi connectivity index (χ1n) is 5.79. The molecule has 0 heterocycles. The average molecular weight is 272 g/mol. The Balaban J connectivity index is 3.22. The smallest absolute Gasteiger partial charge is 0.243 e. The van der Waals surface area contributed by atoms with Gasteiger partial charge in [0.2, 0.25) is 10.0 Å². The van der Waals surface area contributed by atoms with E-state index in [0.29, 0.717) is 5.69 Å². The highest BCUT2D eigenvalue weighted by molar-refractivity contribution is 7.89. The van der Waals surface area contributed by atoms with Gasteiger partial charge in [-0.2, -0.15) is 4.31 Å². The van der Waals surface area contributed by atoms with Gasteiger partial charge in [0.05, 0.1) is 11.5 Å². The molecule has 5 nitrogen and oxygen atoms in total. The second-order valence-corrected chi connectivity index (χ2v) is 6.34. The lowest BCUT2D eigenvalue weighted by Crippen LogP contribution is -2.38. The van der Waals surface area contributed by atoms with Gasteiger partial charge in [0, 0.05) is 18.3 Å². The number of sulfonamides is 1. The molecule has 1 rings (SSSR count). The number of nitrogens with zero attached hydrogens (tertiary/aromatic N) is 1. The van der Waals surface area contributed by atoms with Gasteiger partial charge in [0.1, 0.15) is 0 Å². The summed E-state index contributed by atoms with van der Waals surface area (Å²) < 4.78 is 26.1. The van der Waals surface area contributed by atoms with Crippen molar-refractivity contribution in [1.82, 2.24) is 4.31 Å². The highest BCUT2D eigenvalue weighted by Crippen LogP contribution is 2.21. The van der Waals surface area contributed by atoms with E-state index < -0.39 is 10.0 Å². The third-order valence-electron chi connectivity index (χ3n) is 2.74. The molecular formula is C12H20N2O3S. The molecule has 102 valence electrons. The maximum Gasteiger partial charge on any atom is 0.243 e. The van der Waals surface area contributed by atoms with E-state index >= 15 is 0 Å². The zero-order chi connectivity index (χ0) is 13.9. The molecule has 0 spiro atoms. The van der Waals surface area contributed by atoms with E-state index in [-0.39, 0.29) is 24.1 Å². The minimum absolute atomic E-state index is 0.0867. The third kappa shape index (κ3) is 3.01. The fourth-order valence-electron chi connectivity index (χ4n) is 1.70. The Kier molecular flexibility index (Phi) is 4.72. The van der Waals surface area contributed by atoms with Crippen molar-refractivity contribution in [3.05, 3.63) is 23.8 Å². The molecule has 1 aromatic rings. The highest BCUT2D eigenvalue weighted by Gasteiger charge is 2.26. The summed E-state index contributed by atoms with van der Waals surface area (Å²) in [5.41, 5.74) is 6.97. The van der Waals surface area contributed by atoms with Gasteiger partial charge in [-0.05, 0) is 44.5 Å². The van der Waals surface area contributed by atoms with Crippen molar-refractivity contribution >= 4 is 15.7 Å². The normalized spacial score (nSPS) is 12.3. The Morgan fingerprint density at radius 3 is 2.44 bits per heavy atom. The minimum Gasteiger partial charge on any atom is -0.399 e. The number of aliphatic hydroxyl groups is 1. The van der Waals surface area contributed by atoms with Crippen molar-refractivity contribution in [2.45, 2.75) is 31.7 Å². The standard InChI is InChI=1S/C12H20N2O3S/c1-9(2)14(6-7-15)18(16,17)11-4-5-12(13)10(3)8-11/h4-5,8-9,15H,6-7,13H2,1-3H3. The van der Waals surface area contributed by atoms with E-state index in [0.717, 1.165) is 5.56 Å². The van der Waals surface area contributed by atoms with E-state index in [9.17, 15) is 8.42 Å². The Labute approximate surface area is 108 Å². The number of aliphatic hydroxyl groups excluding tert-OH is 1. The second kappa shape index (κ2) is 5.69. The van der Waals surface area contributed by atoms with Crippen LogP contribution in [0.4, 0.5) is 5.69 Å². The van der Waals surface area contributed by atoms with Crippen molar-refractivity contribution in [3.8, 4) is 0 Å². The lowest BCUT2D eigenvalue weighted by molar-refractivity contribution is 0.236. The molecule has 0 aliphatic rings.